The van der Waals surface area contributed by atoms with Crippen molar-refractivity contribution in [2.24, 2.45) is 4.99 Å². The average molecular weight is 287 g/mol. The highest BCUT2D eigenvalue weighted by molar-refractivity contribution is 7.66. The Hall–Kier alpha value is -1.11. The molecule has 1 aromatic heterocycles. The molecule has 0 fully saturated rings. The predicted octanol–water partition coefficient (Wildman–Crippen LogP) is 2.86. The van der Waals surface area contributed by atoms with Gasteiger partial charge in [-0.1, -0.05) is 17.7 Å². The monoisotopic (exact) mass is 286 g/mol. The van der Waals surface area contributed by atoms with Gasteiger partial charge in [0.2, 0.25) is 0 Å². The van der Waals surface area contributed by atoms with Crippen LogP contribution in [0.15, 0.2) is 23.2 Å². The highest BCUT2D eigenvalue weighted by Gasteiger charge is 2.15. The standard InChI is InChI=1S/C10H7ClN2O2S2/c11-9-10(16-17-13-9)12-6-2-1-3-7-8(6)15-5-4-14-7/h1-3H,4-5H2. The molecule has 0 N–H and O–H groups in total. The molecule has 0 aliphatic carbocycles. The number of nitrogens with zero attached hydrogens (tertiary/aromatic N) is 2. The molecule has 1 aromatic carbocycles. The van der Waals surface area contributed by atoms with Gasteiger partial charge >= 0.3 is 0 Å². The second kappa shape index (κ2) is 4.64. The topological polar surface area (TPSA) is 43.7 Å². The Morgan fingerprint density at radius 1 is 1.29 bits per heavy atom. The number of benzene rings is 1. The molecule has 1 aliphatic heterocycles. The van der Waals surface area contributed by atoms with Crippen molar-refractivity contribution in [2.45, 2.75) is 0 Å². The van der Waals surface area contributed by atoms with Crippen LogP contribution in [0.4, 0.5) is 5.69 Å². The van der Waals surface area contributed by atoms with Gasteiger partial charge in [0.05, 0.1) is 0 Å². The van der Waals surface area contributed by atoms with Crippen LogP contribution in [-0.4, -0.2) is 17.6 Å². The van der Waals surface area contributed by atoms with E-state index in [9.17, 15) is 0 Å². The molecule has 0 saturated heterocycles. The van der Waals surface area contributed by atoms with Crippen molar-refractivity contribution in [3.8, 4) is 11.5 Å². The minimum atomic E-state index is 0.425. The summed E-state index contributed by atoms with van der Waals surface area (Å²) in [7, 11) is 2.75. The van der Waals surface area contributed by atoms with E-state index < -0.39 is 0 Å². The van der Waals surface area contributed by atoms with E-state index in [0.717, 1.165) is 11.4 Å². The summed E-state index contributed by atoms with van der Waals surface area (Å²) in [6, 6.07) is 5.61. The van der Waals surface area contributed by atoms with E-state index in [1.54, 1.807) is 0 Å². The van der Waals surface area contributed by atoms with Crippen molar-refractivity contribution < 1.29 is 9.47 Å². The number of halogens is 1. The Balaban J connectivity index is 2.13. The van der Waals surface area contributed by atoms with Crippen LogP contribution in [0.1, 0.15) is 0 Å². The molecule has 0 amide bonds. The summed E-state index contributed by atoms with van der Waals surface area (Å²) in [5.41, 5.74) is 0.723. The van der Waals surface area contributed by atoms with Gasteiger partial charge in [-0.05, 0) is 22.5 Å². The lowest BCUT2D eigenvalue weighted by Gasteiger charge is -2.19. The molecular formula is C10H7ClN2O2S2. The van der Waals surface area contributed by atoms with Crippen molar-refractivity contribution in [3.63, 3.8) is 0 Å². The van der Waals surface area contributed by atoms with E-state index in [4.69, 9.17) is 21.1 Å². The minimum Gasteiger partial charge on any atom is -0.486 e. The van der Waals surface area contributed by atoms with Gasteiger partial charge in [-0.15, -0.1) is 0 Å². The first-order valence-corrected chi connectivity index (χ1v) is 7.38. The summed E-state index contributed by atoms with van der Waals surface area (Å²) in [5, 5.41) is 0.425. The number of hydrogen-bond acceptors (Lipinski definition) is 6. The van der Waals surface area contributed by atoms with Gasteiger partial charge in [-0.25, -0.2) is 4.99 Å². The highest BCUT2D eigenvalue weighted by Crippen LogP contribution is 2.38. The molecule has 3 rings (SSSR count). The van der Waals surface area contributed by atoms with Gasteiger partial charge in [0.1, 0.15) is 18.9 Å². The molecular weight excluding hydrogens is 280 g/mol. The first kappa shape index (κ1) is 11.0. The van der Waals surface area contributed by atoms with Gasteiger partial charge in [0.25, 0.3) is 0 Å². The van der Waals surface area contributed by atoms with Crippen LogP contribution in [0.25, 0.3) is 0 Å². The molecule has 7 heteroatoms. The molecule has 17 heavy (non-hydrogen) atoms. The van der Waals surface area contributed by atoms with Crippen LogP contribution in [0, 0.1) is 0 Å². The van der Waals surface area contributed by atoms with Crippen LogP contribution in [-0.2, 0) is 0 Å². The van der Waals surface area contributed by atoms with Gasteiger partial charge in [0.15, 0.2) is 21.3 Å². The third kappa shape index (κ3) is 2.15. The molecule has 88 valence electrons. The second-order valence-corrected chi connectivity index (χ2v) is 5.45. The molecule has 0 radical (unpaired) electrons. The Labute approximate surface area is 110 Å². The van der Waals surface area contributed by atoms with Gasteiger partial charge < -0.3 is 9.47 Å². The van der Waals surface area contributed by atoms with Crippen molar-refractivity contribution in [2.75, 3.05) is 13.2 Å². The average Bonchev–Trinajstić information content (AvgIpc) is 2.76. The fourth-order valence-corrected chi connectivity index (χ4v) is 3.47. The quantitative estimate of drug-likeness (QED) is 0.757. The van der Waals surface area contributed by atoms with E-state index >= 15 is 0 Å². The molecule has 4 nitrogen and oxygen atoms in total. The Morgan fingerprint density at radius 3 is 3.00 bits per heavy atom. The SMILES string of the molecule is Clc1nssc1=Nc1cccc2c1OCCO2. The number of ether oxygens (including phenoxy) is 2. The van der Waals surface area contributed by atoms with Crippen molar-refractivity contribution in [1.29, 1.82) is 0 Å². The van der Waals surface area contributed by atoms with E-state index in [1.165, 1.54) is 20.9 Å². The van der Waals surface area contributed by atoms with Crippen molar-refractivity contribution >= 4 is 38.2 Å². The maximum atomic E-state index is 5.92. The number of para-hydroxylation sites is 1. The summed E-state index contributed by atoms with van der Waals surface area (Å²) in [6.07, 6.45) is 0. The van der Waals surface area contributed by atoms with E-state index in [-0.39, 0.29) is 0 Å². The van der Waals surface area contributed by atoms with Gasteiger partial charge in [-0.2, -0.15) is 4.37 Å². The van der Waals surface area contributed by atoms with Crippen molar-refractivity contribution in [1.82, 2.24) is 4.37 Å². The third-order valence-electron chi connectivity index (χ3n) is 2.18. The first-order chi connectivity index (χ1) is 8.34. The summed E-state index contributed by atoms with van der Waals surface area (Å²) >= 11 is 5.92. The number of rotatable bonds is 1. The molecule has 1 aliphatic rings. The van der Waals surface area contributed by atoms with Gasteiger partial charge in [-0.3, -0.25) is 0 Å². The van der Waals surface area contributed by atoms with Gasteiger partial charge in [0, 0.05) is 10.5 Å². The normalized spacial score (nSPS) is 15.0. The van der Waals surface area contributed by atoms with E-state index in [2.05, 4.69) is 9.37 Å². The maximum absolute atomic E-state index is 5.92. The summed E-state index contributed by atoms with van der Waals surface area (Å²) in [4.78, 5) is 4.44. The summed E-state index contributed by atoms with van der Waals surface area (Å²) in [6.45, 7) is 1.11. The molecule has 2 heterocycles. The predicted molar refractivity (Wildman–Crippen MR) is 67.7 cm³/mol. The lowest BCUT2D eigenvalue weighted by molar-refractivity contribution is 0.172. The second-order valence-electron chi connectivity index (χ2n) is 3.26. The molecule has 0 unspecified atom stereocenters. The van der Waals surface area contributed by atoms with Crippen LogP contribution in [0.5, 0.6) is 11.5 Å². The zero-order valence-corrected chi connectivity index (χ0v) is 10.9. The zero-order valence-electron chi connectivity index (χ0n) is 8.55. The lowest BCUT2D eigenvalue weighted by atomic mass is 10.2. The Kier molecular flexibility index (Phi) is 3.00. The third-order valence-corrected chi connectivity index (χ3v) is 4.35. The minimum absolute atomic E-state index is 0.425. The molecule has 0 saturated carbocycles. The Morgan fingerprint density at radius 2 is 2.18 bits per heavy atom. The van der Waals surface area contributed by atoms with E-state index in [0.29, 0.717) is 28.8 Å². The molecule has 0 atom stereocenters. The highest BCUT2D eigenvalue weighted by atomic mass is 35.5. The summed E-state index contributed by atoms with van der Waals surface area (Å²) < 4.78 is 15.7. The molecule has 2 aromatic rings. The fourth-order valence-electron chi connectivity index (χ4n) is 1.48. The Bertz CT molecular complexity index is 608. The summed E-state index contributed by atoms with van der Waals surface area (Å²) in [5.74, 6) is 1.40. The van der Waals surface area contributed by atoms with E-state index in [1.807, 2.05) is 18.2 Å². The first-order valence-electron chi connectivity index (χ1n) is 4.89. The molecule has 0 spiro atoms. The van der Waals surface area contributed by atoms with Crippen molar-refractivity contribution in [3.05, 3.63) is 28.0 Å². The fraction of sp³-hybridized carbons (Fsp3) is 0.200. The maximum Gasteiger partial charge on any atom is 0.187 e. The number of aromatic nitrogens is 1. The van der Waals surface area contributed by atoms with Crippen LogP contribution >= 0.6 is 32.5 Å². The smallest absolute Gasteiger partial charge is 0.187 e. The van der Waals surface area contributed by atoms with Crippen LogP contribution in [0.3, 0.4) is 0 Å². The molecule has 0 bridgehead atoms. The number of fused-ring (bicyclic) bond motifs is 1. The van der Waals surface area contributed by atoms with Crippen LogP contribution in [0.2, 0.25) is 5.15 Å². The largest absolute Gasteiger partial charge is 0.486 e. The van der Waals surface area contributed by atoms with Crippen LogP contribution < -0.4 is 14.1 Å². The lowest BCUT2D eigenvalue weighted by Crippen LogP contribution is -2.15. The number of hydrogen-bond donors (Lipinski definition) is 0. The zero-order chi connectivity index (χ0) is 11.7.